The minimum absolute atomic E-state index is 0.132. The fraction of sp³-hybridized carbons (Fsp3) is 0.105. The summed E-state index contributed by atoms with van der Waals surface area (Å²) in [5.41, 5.74) is 8.37. The normalized spacial score (nSPS) is 10.8. The Morgan fingerprint density at radius 3 is 2.59 bits per heavy atom. The summed E-state index contributed by atoms with van der Waals surface area (Å²) < 4.78 is 1.61. The summed E-state index contributed by atoms with van der Waals surface area (Å²) >= 11 is 0. The molecule has 0 aliphatic rings. The lowest BCUT2D eigenvalue weighted by molar-refractivity contribution is 0.0989. The molecule has 0 aliphatic heterocycles. The van der Waals surface area contributed by atoms with E-state index in [-0.39, 0.29) is 5.69 Å². The lowest BCUT2D eigenvalue weighted by Crippen LogP contribution is -2.18. The van der Waals surface area contributed by atoms with Crippen LogP contribution in [0.1, 0.15) is 26.4 Å². The van der Waals surface area contributed by atoms with Gasteiger partial charge in [0.05, 0.1) is 23.5 Å². The van der Waals surface area contributed by atoms with Crippen molar-refractivity contribution in [3.63, 3.8) is 0 Å². The Balaban J connectivity index is 1.61. The van der Waals surface area contributed by atoms with E-state index >= 15 is 0 Å². The van der Waals surface area contributed by atoms with E-state index in [2.05, 4.69) is 30.6 Å². The van der Waals surface area contributed by atoms with Gasteiger partial charge in [-0.15, -0.1) is 5.10 Å². The van der Waals surface area contributed by atoms with Gasteiger partial charge in [0.25, 0.3) is 11.8 Å². The minimum Gasteiger partial charge on any atom is -0.364 e. The number of pyridine rings is 3. The maximum atomic E-state index is 12.5. The van der Waals surface area contributed by atoms with Gasteiger partial charge in [-0.05, 0) is 30.7 Å². The van der Waals surface area contributed by atoms with Crippen LogP contribution in [0.15, 0.2) is 43.0 Å². The Kier molecular flexibility index (Phi) is 4.43. The number of carbonyl (C=O) groups is 2. The molecule has 0 saturated carbocycles. The van der Waals surface area contributed by atoms with Crippen LogP contribution in [0.2, 0.25) is 0 Å². The van der Waals surface area contributed by atoms with Crippen LogP contribution in [0, 0.1) is 6.92 Å². The molecule has 0 spiro atoms. The molecule has 29 heavy (non-hydrogen) atoms. The Bertz CT molecular complexity index is 1260. The van der Waals surface area contributed by atoms with Crippen molar-refractivity contribution in [2.24, 2.45) is 12.8 Å². The Labute approximate surface area is 164 Å². The third-order valence-corrected chi connectivity index (χ3v) is 4.28. The molecule has 0 aliphatic carbocycles. The number of nitrogens with two attached hydrogens (primary N) is 1. The second-order valence-electron chi connectivity index (χ2n) is 6.47. The Morgan fingerprint density at radius 1 is 1.07 bits per heavy atom. The van der Waals surface area contributed by atoms with Crippen LogP contribution in [0.3, 0.4) is 0 Å². The largest absolute Gasteiger partial charge is 0.364 e. The predicted octanol–water partition coefficient (Wildman–Crippen LogP) is 1.48. The van der Waals surface area contributed by atoms with Gasteiger partial charge in [0.2, 0.25) is 0 Å². The summed E-state index contributed by atoms with van der Waals surface area (Å²) in [7, 11) is 1.79. The molecule has 0 fully saturated rings. The number of hydrogen-bond donors (Lipinski definition) is 2. The van der Waals surface area contributed by atoms with Gasteiger partial charge in [-0.3, -0.25) is 19.3 Å². The zero-order valence-electron chi connectivity index (χ0n) is 15.6. The summed E-state index contributed by atoms with van der Waals surface area (Å²) in [6.07, 6.45) is 6.36. The molecule has 4 aromatic rings. The SMILES string of the molecule is Cc1cc(C(=O)Nc2cc3cc(-c4cn(C)nn4)cnc3cn2)cnc1C(N)=O. The second-order valence-corrected chi connectivity index (χ2v) is 6.47. The summed E-state index contributed by atoms with van der Waals surface area (Å²) in [5, 5.41) is 11.5. The third kappa shape index (κ3) is 3.63. The van der Waals surface area contributed by atoms with E-state index in [1.54, 1.807) is 49.4 Å². The molecule has 144 valence electrons. The lowest BCUT2D eigenvalue weighted by atomic mass is 10.1. The summed E-state index contributed by atoms with van der Waals surface area (Å²) in [5.74, 6) is -0.684. The Morgan fingerprint density at radius 2 is 1.90 bits per heavy atom. The van der Waals surface area contributed by atoms with Crippen molar-refractivity contribution in [2.75, 3.05) is 5.32 Å². The molecule has 2 amide bonds. The van der Waals surface area contributed by atoms with Crippen molar-refractivity contribution in [1.29, 1.82) is 0 Å². The number of carbonyl (C=O) groups excluding carboxylic acids is 2. The summed E-state index contributed by atoms with van der Waals surface area (Å²) in [6, 6.07) is 5.17. The molecular formula is C19H16N8O2. The fourth-order valence-corrected chi connectivity index (χ4v) is 2.86. The van der Waals surface area contributed by atoms with Gasteiger partial charge in [-0.1, -0.05) is 5.21 Å². The van der Waals surface area contributed by atoms with Crippen LogP contribution >= 0.6 is 0 Å². The summed E-state index contributed by atoms with van der Waals surface area (Å²) in [4.78, 5) is 36.4. The quantitative estimate of drug-likeness (QED) is 0.539. The number of nitrogens with one attached hydrogen (secondary N) is 1. The molecule has 3 N–H and O–H groups in total. The van der Waals surface area contributed by atoms with Crippen molar-refractivity contribution < 1.29 is 9.59 Å². The number of nitrogens with zero attached hydrogens (tertiary/aromatic N) is 6. The number of fused-ring (bicyclic) bond motifs is 1. The van der Waals surface area contributed by atoms with Gasteiger partial charge in [0.15, 0.2) is 0 Å². The van der Waals surface area contributed by atoms with Crippen LogP contribution in [0.4, 0.5) is 5.82 Å². The molecule has 4 rings (SSSR count). The van der Waals surface area contributed by atoms with Gasteiger partial charge in [-0.2, -0.15) is 0 Å². The number of hydrogen-bond acceptors (Lipinski definition) is 7. The first-order chi connectivity index (χ1) is 13.9. The average molecular weight is 388 g/mol. The highest BCUT2D eigenvalue weighted by molar-refractivity contribution is 6.05. The average Bonchev–Trinajstić information content (AvgIpc) is 3.13. The van der Waals surface area contributed by atoms with Crippen molar-refractivity contribution in [3.05, 3.63) is 59.8 Å². The number of anilines is 1. The monoisotopic (exact) mass is 388 g/mol. The maximum Gasteiger partial charge on any atom is 0.267 e. The van der Waals surface area contributed by atoms with E-state index in [9.17, 15) is 9.59 Å². The second kappa shape index (κ2) is 7.08. The van der Waals surface area contributed by atoms with Crippen molar-refractivity contribution in [2.45, 2.75) is 6.92 Å². The first-order valence-electron chi connectivity index (χ1n) is 8.61. The first-order valence-corrected chi connectivity index (χ1v) is 8.61. The predicted molar refractivity (Wildman–Crippen MR) is 105 cm³/mol. The van der Waals surface area contributed by atoms with Crippen molar-refractivity contribution in [3.8, 4) is 11.3 Å². The topological polar surface area (TPSA) is 142 Å². The molecule has 10 heteroatoms. The molecule has 10 nitrogen and oxygen atoms in total. The molecular weight excluding hydrogens is 372 g/mol. The molecule has 4 heterocycles. The molecule has 0 bridgehead atoms. The van der Waals surface area contributed by atoms with E-state index in [0.717, 1.165) is 10.9 Å². The van der Waals surface area contributed by atoms with Gasteiger partial charge in [0, 0.05) is 30.4 Å². The summed E-state index contributed by atoms with van der Waals surface area (Å²) in [6.45, 7) is 1.66. The fourth-order valence-electron chi connectivity index (χ4n) is 2.86. The highest BCUT2D eigenvalue weighted by Crippen LogP contribution is 2.22. The Hall–Kier alpha value is -4.21. The zero-order chi connectivity index (χ0) is 20.5. The number of rotatable bonds is 4. The van der Waals surface area contributed by atoms with E-state index in [1.165, 1.54) is 6.20 Å². The smallest absolute Gasteiger partial charge is 0.267 e. The number of aromatic nitrogens is 6. The molecule has 0 aromatic carbocycles. The van der Waals surface area contributed by atoms with Gasteiger partial charge in [-0.25, -0.2) is 9.97 Å². The van der Waals surface area contributed by atoms with Gasteiger partial charge >= 0.3 is 0 Å². The number of amides is 2. The van der Waals surface area contributed by atoms with Crippen LogP contribution in [0.5, 0.6) is 0 Å². The van der Waals surface area contributed by atoms with Crippen molar-refractivity contribution in [1.82, 2.24) is 29.9 Å². The van der Waals surface area contributed by atoms with E-state index in [0.29, 0.717) is 28.2 Å². The van der Waals surface area contributed by atoms with Gasteiger partial charge in [0.1, 0.15) is 17.2 Å². The molecule has 0 radical (unpaired) electrons. The van der Waals surface area contributed by atoms with E-state index in [4.69, 9.17) is 5.73 Å². The van der Waals surface area contributed by atoms with Crippen LogP contribution in [-0.4, -0.2) is 41.8 Å². The van der Waals surface area contributed by atoms with Crippen LogP contribution in [0.25, 0.3) is 22.2 Å². The maximum absolute atomic E-state index is 12.5. The van der Waals surface area contributed by atoms with E-state index in [1.807, 2.05) is 6.07 Å². The van der Waals surface area contributed by atoms with Crippen LogP contribution < -0.4 is 11.1 Å². The highest BCUT2D eigenvalue weighted by atomic mass is 16.2. The minimum atomic E-state index is -0.642. The third-order valence-electron chi connectivity index (χ3n) is 4.28. The first kappa shape index (κ1) is 18.2. The van der Waals surface area contributed by atoms with Crippen molar-refractivity contribution >= 4 is 28.5 Å². The standard InChI is InChI=1S/C19H16N8O2/c1-10-3-13(7-23-17(10)18(20)28)19(29)24-16-5-11-4-12(6-21-14(11)8-22-16)15-9-27(2)26-25-15/h3-9H,1-2H3,(H2,20,28)(H,22,24,29). The molecule has 4 aromatic heterocycles. The zero-order valence-corrected chi connectivity index (χ0v) is 15.6. The lowest BCUT2D eigenvalue weighted by Gasteiger charge is -2.07. The molecule has 0 saturated heterocycles. The van der Waals surface area contributed by atoms with E-state index < -0.39 is 11.8 Å². The highest BCUT2D eigenvalue weighted by Gasteiger charge is 2.13. The number of primary amides is 1. The van der Waals surface area contributed by atoms with Crippen LogP contribution in [-0.2, 0) is 7.05 Å². The van der Waals surface area contributed by atoms with Gasteiger partial charge < -0.3 is 11.1 Å². The number of aryl methyl sites for hydroxylation is 2. The molecule has 0 unspecified atom stereocenters. The molecule has 0 atom stereocenters.